The molecule has 30 heavy (non-hydrogen) atoms. The number of thiophene rings is 1. The summed E-state index contributed by atoms with van der Waals surface area (Å²) in [4.78, 5) is 9.64. The SMILES string of the molecule is CN=C(NCCCOCC1CCCO1)NCC(c1ccc(C)s1)N1CCOCC1.I. The fraction of sp³-hybridized carbons (Fsp3) is 0.762. The molecule has 9 heteroatoms. The molecule has 2 atom stereocenters. The molecule has 0 radical (unpaired) electrons. The molecule has 1 aromatic rings. The van der Waals surface area contributed by atoms with E-state index in [9.17, 15) is 0 Å². The van der Waals surface area contributed by atoms with E-state index in [1.165, 1.54) is 9.75 Å². The number of hydrogen-bond acceptors (Lipinski definition) is 6. The number of aryl methyl sites for hydroxylation is 1. The van der Waals surface area contributed by atoms with E-state index >= 15 is 0 Å². The Hall–Kier alpha value is -0.460. The second-order valence-electron chi connectivity index (χ2n) is 7.56. The van der Waals surface area contributed by atoms with Gasteiger partial charge in [-0.05, 0) is 38.3 Å². The van der Waals surface area contributed by atoms with Crippen molar-refractivity contribution < 1.29 is 14.2 Å². The summed E-state index contributed by atoms with van der Waals surface area (Å²) in [7, 11) is 1.82. The summed E-state index contributed by atoms with van der Waals surface area (Å²) in [6.07, 6.45) is 3.54. The van der Waals surface area contributed by atoms with Crippen LogP contribution in [0.3, 0.4) is 0 Å². The minimum atomic E-state index is 0. The van der Waals surface area contributed by atoms with Gasteiger partial charge in [0.25, 0.3) is 0 Å². The largest absolute Gasteiger partial charge is 0.379 e. The molecule has 0 aromatic carbocycles. The van der Waals surface area contributed by atoms with E-state index in [1.807, 2.05) is 18.4 Å². The highest BCUT2D eigenvalue weighted by molar-refractivity contribution is 14.0. The van der Waals surface area contributed by atoms with Gasteiger partial charge >= 0.3 is 0 Å². The Morgan fingerprint density at radius 1 is 1.30 bits per heavy atom. The molecule has 2 fully saturated rings. The first kappa shape index (κ1) is 25.8. The van der Waals surface area contributed by atoms with Crippen LogP contribution in [0.15, 0.2) is 17.1 Å². The van der Waals surface area contributed by atoms with E-state index in [1.54, 1.807) is 0 Å². The zero-order valence-corrected chi connectivity index (χ0v) is 21.4. The van der Waals surface area contributed by atoms with Crippen molar-refractivity contribution in [3.63, 3.8) is 0 Å². The van der Waals surface area contributed by atoms with Crippen LogP contribution in [0.4, 0.5) is 0 Å². The maximum atomic E-state index is 5.73. The Kier molecular flexibility index (Phi) is 12.5. The van der Waals surface area contributed by atoms with Gasteiger partial charge in [-0.15, -0.1) is 35.3 Å². The van der Waals surface area contributed by atoms with Gasteiger partial charge in [0.2, 0.25) is 0 Å². The summed E-state index contributed by atoms with van der Waals surface area (Å²) in [6.45, 7) is 9.73. The smallest absolute Gasteiger partial charge is 0.191 e. The van der Waals surface area contributed by atoms with Gasteiger partial charge < -0.3 is 24.8 Å². The summed E-state index contributed by atoms with van der Waals surface area (Å²) in [6, 6.07) is 4.80. The zero-order valence-electron chi connectivity index (χ0n) is 18.2. The maximum absolute atomic E-state index is 5.73. The minimum absolute atomic E-state index is 0. The van der Waals surface area contributed by atoms with Crippen molar-refractivity contribution in [3.05, 3.63) is 21.9 Å². The van der Waals surface area contributed by atoms with Crippen LogP contribution in [0, 0.1) is 6.92 Å². The Balaban J connectivity index is 0.00000320. The molecule has 3 rings (SSSR count). The van der Waals surface area contributed by atoms with Crippen molar-refractivity contribution in [3.8, 4) is 0 Å². The van der Waals surface area contributed by atoms with Crippen molar-refractivity contribution in [2.75, 3.05) is 66.3 Å². The number of nitrogens with zero attached hydrogens (tertiary/aromatic N) is 2. The van der Waals surface area contributed by atoms with Crippen LogP contribution >= 0.6 is 35.3 Å². The van der Waals surface area contributed by atoms with E-state index in [4.69, 9.17) is 14.2 Å². The fourth-order valence-electron chi connectivity index (χ4n) is 3.72. The molecule has 172 valence electrons. The van der Waals surface area contributed by atoms with Gasteiger partial charge in [0.05, 0.1) is 32.0 Å². The normalized spacial score (nSPS) is 21.3. The number of ether oxygens (including phenoxy) is 3. The van der Waals surface area contributed by atoms with Crippen LogP contribution in [0.1, 0.15) is 35.1 Å². The molecule has 0 spiro atoms. The highest BCUT2D eigenvalue weighted by atomic mass is 127. The highest BCUT2D eigenvalue weighted by Crippen LogP contribution is 2.27. The van der Waals surface area contributed by atoms with Crippen LogP contribution in [0.5, 0.6) is 0 Å². The summed E-state index contributed by atoms with van der Waals surface area (Å²) >= 11 is 1.88. The van der Waals surface area contributed by atoms with Crippen LogP contribution in [-0.4, -0.2) is 83.2 Å². The number of hydrogen-bond donors (Lipinski definition) is 2. The Morgan fingerprint density at radius 2 is 2.13 bits per heavy atom. The van der Waals surface area contributed by atoms with Crippen molar-refractivity contribution >= 4 is 41.3 Å². The molecule has 0 amide bonds. The number of rotatable bonds is 10. The molecule has 2 N–H and O–H groups in total. The number of halogens is 1. The third kappa shape index (κ3) is 8.58. The molecular weight excluding hydrogens is 515 g/mol. The van der Waals surface area contributed by atoms with E-state index in [-0.39, 0.29) is 24.0 Å². The Bertz CT molecular complexity index is 619. The average molecular weight is 553 g/mol. The molecule has 7 nitrogen and oxygen atoms in total. The predicted molar refractivity (Wildman–Crippen MR) is 133 cm³/mol. The topological polar surface area (TPSA) is 67.4 Å². The lowest BCUT2D eigenvalue weighted by atomic mass is 10.2. The fourth-order valence-corrected chi connectivity index (χ4v) is 4.73. The second-order valence-corrected chi connectivity index (χ2v) is 8.88. The second kappa shape index (κ2) is 14.6. The van der Waals surface area contributed by atoms with Crippen molar-refractivity contribution in [1.82, 2.24) is 15.5 Å². The average Bonchev–Trinajstić information content (AvgIpc) is 3.42. The maximum Gasteiger partial charge on any atom is 0.191 e. The van der Waals surface area contributed by atoms with E-state index in [0.29, 0.717) is 18.8 Å². The van der Waals surface area contributed by atoms with Gasteiger partial charge in [0, 0.05) is 56.2 Å². The first-order valence-corrected chi connectivity index (χ1v) is 11.6. The minimum Gasteiger partial charge on any atom is -0.379 e. The lowest BCUT2D eigenvalue weighted by Crippen LogP contribution is -2.46. The van der Waals surface area contributed by atoms with Crippen molar-refractivity contribution in [2.24, 2.45) is 4.99 Å². The highest BCUT2D eigenvalue weighted by Gasteiger charge is 2.24. The Labute approximate surface area is 202 Å². The molecule has 2 aliphatic rings. The molecule has 0 saturated carbocycles. The van der Waals surface area contributed by atoms with Crippen LogP contribution in [0.2, 0.25) is 0 Å². The Morgan fingerprint density at radius 3 is 2.80 bits per heavy atom. The predicted octanol–water partition coefficient (Wildman–Crippen LogP) is 2.80. The third-order valence-electron chi connectivity index (χ3n) is 5.35. The van der Waals surface area contributed by atoms with Crippen molar-refractivity contribution in [1.29, 1.82) is 0 Å². The van der Waals surface area contributed by atoms with Crippen molar-refractivity contribution in [2.45, 2.75) is 38.3 Å². The number of aliphatic imine (C=N–C) groups is 1. The number of guanidine groups is 1. The van der Waals surface area contributed by atoms with E-state index in [0.717, 1.165) is 77.8 Å². The van der Waals surface area contributed by atoms with Gasteiger partial charge in [0.15, 0.2) is 5.96 Å². The van der Waals surface area contributed by atoms with Gasteiger partial charge in [-0.25, -0.2) is 0 Å². The third-order valence-corrected chi connectivity index (χ3v) is 6.45. The number of morpholine rings is 1. The van der Waals surface area contributed by atoms with Crippen LogP contribution in [-0.2, 0) is 14.2 Å². The van der Waals surface area contributed by atoms with Crippen LogP contribution in [0.25, 0.3) is 0 Å². The van der Waals surface area contributed by atoms with E-state index in [2.05, 4.69) is 39.6 Å². The first-order valence-electron chi connectivity index (χ1n) is 10.8. The summed E-state index contributed by atoms with van der Waals surface area (Å²) in [5.74, 6) is 0.843. The first-order chi connectivity index (χ1) is 14.3. The molecule has 2 unspecified atom stereocenters. The molecule has 3 heterocycles. The van der Waals surface area contributed by atoms with Gasteiger partial charge in [-0.2, -0.15) is 0 Å². The van der Waals surface area contributed by atoms with Crippen LogP contribution < -0.4 is 10.6 Å². The molecule has 0 bridgehead atoms. The zero-order chi connectivity index (χ0) is 20.3. The lowest BCUT2D eigenvalue weighted by Gasteiger charge is -2.34. The molecule has 2 saturated heterocycles. The molecule has 0 aliphatic carbocycles. The molecule has 2 aliphatic heterocycles. The summed E-state index contributed by atoms with van der Waals surface area (Å²) in [5.41, 5.74) is 0. The van der Waals surface area contributed by atoms with E-state index < -0.39 is 0 Å². The number of nitrogens with one attached hydrogen (secondary N) is 2. The lowest BCUT2D eigenvalue weighted by molar-refractivity contribution is 0.0167. The quantitative estimate of drug-likeness (QED) is 0.202. The monoisotopic (exact) mass is 552 g/mol. The summed E-state index contributed by atoms with van der Waals surface area (Å²) in [5, 5.41) is 6.91. The standard InChI is InChI=1S/C21H36N4O3S.HI/c1-17-6-7-20(29-17)19(25-9-13-26-14-10-25)15-24-21(22-2)23-8-4-11-27-16-18-5-3-12-28-18;/h6-7,18-19H,3-5,8-16H2,1-2H3,(H2,22,23,24);1H. The molecule has 1 aromatic heterocycles. The van der Waals surface area contributed by atoms with Gasteiger partial charge in [-0.1, -0.05) is 0 Å². The van der Waals surface area contributed by atoms with Gasteiger partial charge in [0.1, 0.15) is 0 Å². The van der Waals surface area contributed by atoms with Gasteiger partial charge in [-0.3, -0.25) is 9.89 Å². The molecular formula is C21H37IN4O3S. The summed E-state index contributed by atoms with van der Waals surface area (Å²) < 4.78 is 16.8.